The number of aryl methyl sites for hydroxylation is 1. The van der Waals surface area contributed by atoms with Crippen molar-refractivity contribution in [2.45, 2.75) is 6.92 Å². The van der Waals surface area contributed by atoms with Gasteiger partial charge in [-0.1, -0.05) is 5.16 Å². The molecule has 0 aliphatic carbocycles. The van der Waals surface area contributed by atoms with E-state index >= 15 is 0 Å². The van der Waals surface area contributed by atoms with Crippen LogP contribution in [0.2, 0.25) is 0 Å². The van der Waals surface area contributed by atoms with Crippen LogP contribution in [-0.4, -0.2) is 71.5 Å². The Bertz CT molecular complexity index is 748. The van der Waals surface area contributed by atoms with Gasteiger partial charge in [0.15, 0.2) is 5.82 Å². The normalized spacial score (nSPS) is 15.2. The summed E-state index contributed by atoms with van der Waals surface area (Å²) in [5.74, 6) is 1.00. The van der Waals surface area contributed by atoms with Crippen molar-refractivity contribution in [1.29, 1.82) is 0 Å². The van der Waals surface area contributed by atoms with Crippen molar-refractivity contribution in [3.8, 4) is 11.5 Å². The van der Waals surface area contributed by atoms with Crippen molar-refractivity contribution in [2.24, 2.45) is 0 Å². The number of likely N-dealkylation sites (N-methyl/N-ethyl adjacent to an activating group) is 1. The van der Waals surface area contributed by atoms with E-state index in [0.717, 1.165) is 5.56 Å². The van der Waals surface area contributed by atoms with E-state index in [0.29, 0.717) is 50.0 Å². The van der Waals surface area contributed by atoms with Gasteiger partial charge in [-0.15, -0.1) is 0 Å². The number of amides is 2. The number of piperazine rings is 1. The highest BCUT2D eigenvalue weighted by atomic mass is 16.5. The van der Waals surface area contributed by atoms with Crippen LogP contribution in [0.5, 0.6) is 0 Å². The van der Waals surface area contributed by atoms with Crippen molar-refractivity contribution < 1.29 is 14.1 Å². The molecule has 1 aliphatic rings. The van der Waals surface area contributed by atoms with E-state index in [1.165, 1.54) is 0 Å². The zero-order valence-corrected chi connectivity index (χ0v) is 14.4. The third kappa shape index (κ3) is 4.03. The van der Waals surface area contributed by atoms with E-state index in [4.69, 9.17) is 4.52 Å². The second-order valence-corrected chi connectivity index (χ2v) is 5.97. The fraction of sp³-hybridized carbons (Fsp3) is 0.412. The minimum Gasteiger partial charge on any atom is -0.358 e. The molecule has 0 unspecified atom stereocenters. The molecule has 0 spiro atoms. The van der Waals surface area contributed by atoms with E-state index in [2.05, 4.69) is 15.5 Å². The molecule has 8 nitrogen and oxygen atoms in total. The van der Waals surface area contributed by atoms with Gasteiger partial charge in [-0.05, 0) is 31.2 Å². The molecule has 0 atom stereocenters. The quantitative estimate of drug-likeness (QED) is 0.872. The molecule has 1 saturated heterocycles. The molecule has 1 aromatic heterocycles. The lowest BCUT2D eigenvalue weighted by molar-refractivity contribution is -0.122. The van der Waals surface area contributed by atoms with Gasteiger partial charge in [-0.2, -0.15) is 4.98 Å². The zero-order chi connectivity index (χ0) is 17.8. The van der Waals surface area contributed by atoms with Crippen LogP contribution in [0.4, 0.5) is 0 Å². The number of nitrogens with one attached hydrogen (secondary N) is 1. The number of carbonyl (C=O) groups excluding carboxylic acids is 2. The summed E-state index contributed by atoms with van der Waals surface area (Å²) in [5, 5.41) is 6.38. The summed E-state index contributed by atoms with van der Waals surface area (Å²) < 4.78 is 5.13. The largest absolute Gasteiger partial charge is 0.358 e. The fourth-order valence-corrected chi connectivity index (χ4v) is 2.74. The molecule has 1 aliphatic heterocycles. The second kappa shape index (κ2) is 7.43. The molecule has 0 radical (unpaired) electrons. The second-order valence-electron chi connectivity index (χ2n) is 5.97. The SMILES string of the molecule is CNC(=O)CN1CCN(C(=O)c2ccc(-c3nc(C)no3)cc2)CC1. The maximum Gasteiger partial charge on any atom is 0.257 e. The molecule has 3 rings (SSSR count). The summed E-state index contributed by atoms with van der Waals surface area (Å²) >= 11 is 0. The summed E-state index contributed by atoms with van der Waals surface area (Å²) in [6.07, 6.45) is 0. The summed E-state index contributed by atoms with van der Waals surface area (Å²) in [6.45, 7) is 4.74. The molecular weight excluding hydrogens is 322 g/mol. The van der Waals surface area contributed by atoms with Gasteiger partial charge in [0.1, 0.15) is 0 Å². The van der Waals surface area contributed by atoms with Crippen molar-refractivity contribution in [1.82, 2.24) is 25.3 Å². The van der Waals surface area contributed by atoms with Crippen LogP contribution in [0.3, 0.4) is 0 Å². The predicted molar refractivity (Wildman–Crippen MR) is 90.9 cm³/mol. The van der Waals surface area contributed by atoms with Crippen molar-refractivity contribution in [3.63, 3.8) is 0 Å². The molecule has 25 heavy (non-hydrogen) atoms. The third-order valence-corrected chi connectivity index (χ3v) is 4.21. The molecule has 1 aromatic carbocycles. The lowest BCUT2D eigenvalue weighted by Crippen LogP contribution is -2.50. The average molecular weight is 343 g/mol. The number of hydrogen-bond donors (Lipinski definition) is 1. The monoisotopic (exact) mass is 343 g/mol. The molecule has 132 valence electrons. The number of rotatable bonds is 4. The van der Waals surface area contributed by atoms with Crippen LogP contribution < -0.4 is 5.32 Å². The lowest BCUT2D eigenvalue weighted by Gasteiger charge is -2.34. The van der Waals surface area contributed by atoms with Crippen LogP contribution in [-0.2, 0) is 4.79 Å². The molecule has 8 heteroatoms. The molecule has 2 aromatic rings. The van der Waals surface area contributed by atoms with E-state index in [-0.39, 0.29) is 11.8 Å². The first-order valence-corrected chi connectivity index (χ1v) is 8.20. The predicted octanol–water partition coefficient (Wildman–Crippen LogP) is 0.549. The minimum atomic E-state index is -0.00775. The van der Waals surface area contributed by atoms with Gasteiger partial charge in [0.25, 0.3) is 11.8 Å². The summed E-state index contributed by atoms with van der Waals surface area (Å²) in [7, 11) is 1.63. The number of nitrogens with zero attached hydrogens (tertiary/aromatic N) is 4. The van der Waals surface area contributed by atoms with Crippen LogP contribution in [0.1, 0.15) is 16.2 Å². The van der Waals surface area contributed by atoms with Gasteiger partial charge < -0.3 is 14.7 Å². The molecule has 1 fully saturated rings. The first kappa shape index (κ1) is 17.1. The Morgan fingerprint density at radius 3 is 2.40 bits per heavy atom. The average Bonchev–Trinajstić information content (AvgIpc) is 3.08. The standard InChI is InChI=1S/C17H21N5O3/c1-12-19-16(25-20-12)13-3-5-14(6-4-13)17(24)22-9-7-21(8-10-22)11-15(23)18-2/h3-6H,7-11H2,1-2H3,(H,18,23). The Labute approximate surface area is 145 Å². The van der Waals surface area contributed by atoms with Crippen molar-refractivity contribution in [2.75, 3.05) is 39.8 Å². The maximum atomic E-state index is 12.6. The highest BCUT2D eigenvalue weighted by molar-refractivity contribution is 5.94. The van der Waals surface area contributed by atoms with Crippen LogP contribution in [0.15, 0.2) is 28.8 Å². The van der Waals surface area contributed by atoms with E-state index in [1.807, 2.05) is 21.9 Å². The van der Waals surface area contributed by atoms with Gasteiger partial charge >= 0.3 is 0 Å². The maximum absolute atomic E-state index is 12.6. The molecule has 2 amide bonds. The summed E-state index contributed by atoms with van der Waals surface area (Å²) in [5.41, 5.74) is 1.41. The van der Waals surface area contributed by atoms with Gasteiger partial charge in [0.2, 0.25) is 5.91 Å². The Hall–Kier alpha value is -2.74. The highest BCUT2D eigenvalue weighted by Gasteiger charge is 2.23. The number of carbonyl (C=O) groups is 2. The van der Waals surface area contributed by atoms with Crippen molar-refractivity contribution in [3.05, 3.63) is 35.7 Å². The van der Waals surface area contributed by atoms with Gasteiger partial charge in [0, 0.05) is 44.4 Å². The Kier molecular flexibility index (Phi) is 5.08. The smallest absolute Gasteiger partial charge is 0.257 e. The summed E-state index contributed by atoms with van der Waals surface area (Å²) in [6, 6.07) is 7.16. The molecule has 2 heterocycles. The third-order valence-electron chi connectivity index (χ3n) is 4.21. The van der Waals surface area contributed by atoms with E-state index in [1.54, 1.807) is 26.1 Å². The van der Waals surface area contributed by atoms with Gasteiger partial charge in [0.05, 0.1) is 6.54 Å². The lowest BCUT2D eigenvalue weighted by atomic mass is 10.1. The Balaban J connectivity index is 1.59. The topological polar surface area (TPSA) is 91.6 Å². The van der Waals surface area contributed by atoms with Crippen LogP contribution in [0, 0.1) is 6.92 Å². The molecule has 1 N–H and O–H groups in total. The summed E-state index contributed by atoms with van der Waals surface area (Å²) in [4.78, 5) is 32.1. The van der Waals surface area contributed by atoms with Crippen LogP contribution >= 0.6 is 0 Å². The van der Waals surface area contributed by atoms with Gasteiger partial charge in [-0.3, -0.25) is 14.5 Å². The minimum absolute atomic E-state index is 0.00662. The van der Waals surface area contributed by atoms with Crippen molar-refractivity contribution >= 4 is 11.8 Å². The number of benzene rings is 1. The molecule has 0 bridgehead atoms. The molecule has 0 saturated carbocycles. The van der Waals surface area contributed by atoms with Gasteiger partial charge in [-0.25, -0.2) is 0 Å². The Morgan fingerprint density at radius 2 is 1.84 bits per heavy atom. The number of hydrogen-bond acceptors (Lipinski definition) is 6. The first-order chi connectivity index (χ1) is 12.1. The number of aromatic nitrogens is 2. The first-order valence-electron chi connectivity index (χ1n) is 8.20. The Morgan fingerprint density at radius 1 is 1.16 bits per heavy atom. The highest BCUT2D eigenvalue weighted by Crippen LogP contribution is 2.18. The molecular formula is C17H21N5O3. The van der Waals surface area contributed by atoms with Crippen LogP contribution in [0.25, 0.3) is 11.5 Å². The zero-order valence-electron chi connectivity index (χ0n) is 14.4. The fourth-order valence-electron chi connectivity index (χ4n) is 2.74. The van der Waals surface area contributed by atoms with E-state index in [9.17, 15) is 9.59 Å². The van der Waals surface area contributed by atoms with E-state index < -0.39 is 0 Å².